The van der Waals surface area contributed by atoms with Crippen molar-refractivity contribution in [2.45, 2.75) is 24.0 Å². The fraction of sp³-hybridized carbons (Fsp3) is 0.333. The van der Waals surface area contributed by atoms with Crippen LogP contribution in [-0.2, 0) is 6.42 Å². The van der Waals surface area contributed by atoms with Crippen molar-refractivity contribution in [3.05, 3.63) is 53.6 Å². The van der Waals surface area contributed by atoms with E-state index in [1.54, 1.807) is 11.8 Å². The molecule has 0 aliphatic carbocycles. The Morgan fingerprint density at radius 2 is 1.97 bits per heavy atom. The van der Waals surface area contributed by atoms with Gasteiger partial charge in [-0.05, 0) is 61.2 Å². The van der Waals surface area contributed by atoms with E-state index in [-0.39, 0.29) is 12.6 Å². The summed E-state index contributed by atoms with van der Waals surface area (Å²) >= 11 is 2.99. The molecule has 29 heavy (non-hydrogen) atoms. The second-order valence-electron chi connectivity index (χ2n) is 7.19. The number of thioether (sulfide) groups is 1. The second kappa shape index (κ2) is 9.16. The van der Waals surface area contributed by atoms with Crippen molar-refractivity contribution < 1.29 is 8.98 Å². The van der Waals surface area contributed by atoms with Crippen LogP contribution in [0, 0.1) is 11.2 Å². The first-order valence-electron chi connectivity index (χ1n) is 9.76. The average Bonchev–Trinajstić information content (AvgIpc) is 3.21. The summed E-state index contributed by atoms with van der Waals surface area (Å²) in [5.41, 5.74) is 2.79. The van der Waals surface area contributed by atoms with Gasteiger partial charge >= 0.3 is 0 Å². The summed E-state index contributed by atoms with van der Waals surface area (Å²) in [5, 5.41) is 9.04. The fourth-order valence-electron chi connectivity index (χ4n) is 3.73. The van der Waals surface area contributed by atoms with Crippen molar-refractivity contribution in [2.75, 3.05) is 30.8 Å². The van der Waals surface area contributed by atoms with Crippen molar-refractivity contribution in [2.24, 2.45) is 0 Å². The highest BCUT2D eigenvalue weighted by molar-refractivity contribution is 7.98. The smallest absolute Gasteiger partial charge is 0.270 e. The molecule has 1 fully saturated rings. The Labute approximate surface area is 180 Å². The van der Waals surface area contributed by atoms with Crippen molar-refractivity contribution in [3.8, 4) is 11.7 Å². The molecule has 8 heteroatoms. The summed E-state index contributed by atoms with van der Waals surface area (Å²) in [7, 11) is 0. The zero-order chi connectivity index (χ0) is 20.2. The molecule has 1 saturated heterocycles. The Morgan fingerprint density at radius 3 is 2.72 bits per heavy atom. The third-order valence-electron chi connectivity index (χ3n) is 5.41. The van der Waals surface area contributed by atoms with Crippen molar-refractivity contribution in [1.29, 1.82) is 5.26 Å². The highest BCUT2D eigenvalue weighted by atomic mass is 32.2. The molecule has 2 aliphatic rings. The summed E-state index contributed by atoms with van der Waals surface area (Å²) in [4.78, 5) is 16.4. The Bertz CT molecular complexity index is 942. The van der Waals surface area contributed by atoms with Crippen LogP contribution in [0.2, 0.25) is 12.6 Å². The second-order valence-corrected chi connectivity index (χ2v) is 8.90. The standard InChI is InChI=1S/C21H22BN3O2S2/c1-28-17-6-7-19-16(14-17)8-11-25(19)21(26)18-4-2-3-5-20(18)27-29-24-12-9-22(15-23)10-13-24/h2-7,14H,8-13H2,1H3. The van der Waals surface area contributed by atoms with E-state index in [1.165, 1.54) is 22.7 Å². The Balaban J connectivity index is 1.46. The first-order valence-corrected chi connectivity index (χ1v) is 11.7. The molecule has 0 N–H and O–H groups in total. The first kappa shape index (κ1) is 20.2. The lowest BCUT2D eigenvalue weighted by Crippen LogP contribution is -2.33. The lowest BCUT2D eigenvalue weighted by Gasteiger charge is -2.25. The molecule has 2 heterocycles. The normalized spacial score (nSPS) is 16.4. The van der Waals surface area contributed by atoms with Crippen LogP contribution in [0.5, 0.6) is 5.75 Å². The van der Waals surface area contributed by atoms with Gasteiger partial charge in [-0.2, -0.15) is 0 Å². The van der Waals surface area contributed by atoms with Crippen molar-refractivity contribution in [3.63, 3.8) is 0 Å². The number of nitrogens with zero attached hydrogens (tertiary/aromatic N) is 3. The molecule has 0 unspecified atom stereocenters. The van der Waals surface area contributed by atoms with Crippen LogP contribution in [0.1, 0.15) is 15.9 Å². The van der Waals surface area contributed by atoms with E-state index in [9.17, 15) is 4.79 Å². The van der Waals surface area contributed by atoms with Crippen LogP contribution in [0.3, 0.4) is 0 Å². The fourth-order valence-corrected chi connectivity index (χ4v) is 4.88. The lowest BCUT2D eigenvalue weighted by molar-refractivity contribution is 0.0988. The minimum Gasteiger partial charge on any atom is -0.409 e. The van der Waals surface area contributed by atoms with Gasteiger partial charge < -0.3 is 9.08 Å². The molecule has 2 aliphatic heterocycles. The van der Waals surface area contributed by atoms with Gasteiger partial charge in [0.15, 0.2) is 5.75 Å². The van der Waals surface area contributed by atoms with Crippen LogP contribution < -0.4 is 9.08 Å². The Kier molecular flexibility index (Phi) is 6.39. The number of fused-ring (bicyclic) bond motifs is 1. The van der Waals surface area contributed by atoms with Gasteiger partial charge in [-0.15, -0.1) is 11.8 Å². The average molecular weight is 423 g/mol. The van der Waals surface area contributed by atoms with Gasteiger partial charge in [-0.3, -0.25) is 4.79 Å². The van der Waals surface area contributed by atoms with E-state index in [4.69, 9.17) is 9.44 Å². The monoisotopic (exact) mass is 423 g/mol. The van der Waals surface area contributed by atoms with Gasteiger partial charge in [0, 0.05) is 36.2 Å². The lowest BCUT2D eigenvalue weighted by atomic mass is 9.45. The molecule has 2 aromatic carbocycles. The van der Waals surface area contributed by atoms with Gasteiger partial charge in [0.25, 0.3) is 12.6 Å². The van der Waals surface area contributed by atoms with Crippen LogP contribution >= 0.6 is 24.0 Å². The molecule has 1 amide bonds. The molecule has 148 valence electrons. The minimum atomic E-state index is -0.0277. The predicted molar refractivity (Wildman–Crippen MR) is 121 cm³/mol. The van der Waals surface area contributed by atoms with E-state index < -0.39 is 0 Å². The number of anilines is 1. The summed E-state index contributed by atoms with van der Waals surface area (Å²) in [5.74, 6) is 2.90. The third kappa shape index (κ3) is 4.42. The molecular weight excluding hydrogens is 401 g/mol. The molecule has 0 aromatic heterocycles. The molecule has 0 atom stereocenters. The number of hydrogen-bond donors (Lipinski definition) is 0. The molecule has 5 nitrogen and oxygen atoms in total. The van der Waals surface area contributed by atoms with Crippen molar-refractivity contribution >= 4 is 42.3 Å². The Morgan fingerprint density at radius 1 is 1.17 bits per heavy atom. The van der Waals surface area contributed by atoms with Crippen LogP contribution in [0.4, 0.5) is 5.69 Å². The number of benzene rings is 2. The number of amides is 1. The largest absolute Gasteiger partial charge is 0.409 e. The SMILES string of the molecule is CSc1ccc2c(c1)CCN2C(=O)c1ccccc1OSN1CCB(C#N)CC1. The molecular formula is C21H22BN3O2S2. The summed E-state index contributed by atoms with van der Waals surface area (Å²) in [6.45, 7) is 2.46. The van der Waals surface area contributed by atoms with E-state index in [2.05, 4.69) is 28.7 Å². The van der Waals surface area contributed by atoms with E-state index in [0.29, 0.717) is 17.9 Å². The molecule has 0 bridgehead atoms. The Hall–Kier alpha value is -2.08. The zero-order valence-electron chi connectivity index (χ0n) is 16.3. The number of para-hydroxylation sites is 1. The van der Waals surface area contributed by atoms with Gasteiger partial charge in [-0.25, -0.2) is 9.57 Å². The number of rotatable bonds is 5. The maximum Gasteiger partial charge on any atom is 0.270 e. The molecule has 4 rings (SSSR count). The molecule has 0 radical (unpaired) electrons. The highest BCUT2D eigenvalue weighted by Gasteiger charge is 2.28. The van der Waals surface area contributed by atoms with Gasteiger partial charge in [-0.1, -0.05) is 12.1 Å². The topological polar surface area (TPSA) is 56.6 Å². The first-order chi connectivity index (χ1) is 14.2. The highest BCUT2D eigenvalue weighted by Crippen LogP contribution is 2.34. The van der Waals surface area contributed by atoms with E-state index in [1.807, 2.05) is 35.2 Å². The minimum absolute atomic E-state index is 0.0277. The maximum absolute atomic E-state index is 13.3. The summed E-state index contributed by atoms with van der Waals surface area (Å²) < 4.78 is 8.07. The van der Waals surface area contributed by atoms with Gasteiger partial charge in [0.1, 0.15) is 12.2 Å². The van der Waals surface area contributed by atoms with Crippen LogP contribution in [-0.4, -0.2) is 42.8 Å². The number of nitriles is 1. The summed E-state index contributed by atoms with van der Waals surface area (Å²) in [6.07, 6.45) is 4.65. The number of hydrogen-bond acceptors (Lipinski definition) is 6. The van der Waals surface area contributed by atoms with E-state index >= 15 is 0 Å². The maximum atomic E-state index is 13.3. The van der Waals surface area contributed by atoms with Crippen LogP contribution in [0.15, 0.2) is 47.4 Å². The molecule has 0 spiro atoms. The van der Waals surface area contributed by atoms with Crippen LogP contribution in [0.25, 0.3) is 0 Å². The number of carbonyl (C=O) groups excluding carboxylic acids is 1. The predicted octanol–water partition coefficient (Wildman–Crippen LogP) is 4.43. The zero-order valence-corrected chi connectivity index (χ0v) is 18.0. The quantitative estimate of drug-likeness (QED) is 0.307. The van der Waals surface area contributed by atoms with Gasteiger partial charge in [0.05, 0.1) is 5.56 Å². The molecule has 0 saturated carbocycles. The van der Waals surface area contributed by atoms with Crippen molar-refractivity contribution in [1.82, 2.24) is 4.31 Å². The summed E-state index contributed by atoms with van der Waals surface area (Å²) in [6, 6.07) is 13.7. The molecule has 2 aromatic rings. The van der Waals surface area contributed by atoms with E-state index in [0.717, 1.165) is 37.8 Å². The number of carbonyl (C=O) groups is 1. The van der Waals surface area contributed by atoms with Gasteiger partial charge in [0.2, 0.25) is 0 Å². The third-order valence-corrected chi connectivity index (χ3v) is 6.97.